The molecular weight excluding hydrogens is 350 g/mol. The molecule has 6 heteroatoms. The minimum Gasteiger partial charge on any atom is -0.355 e. The first kappa shape index (κ1) is 18.7. The van der Waals surface area contributed by atoms with Gasteiger partial charge in [-0.15, -0.1) is 0 Å². The Labute approximate surface area is 151 Å². The van der Waals surface area contributed by atoms with E-state index in [1.807, 2.05) is 6.07 Å². The van der Waals surface area contributed by atoms with Gasteiger partial charge in [-0.2, -0.15) is 0 Å². The summed E-state index contributed by atoms with van der Waals surface area (Å²) >= 11 is 11.9. The van der Waals surface area contributed by atoms with Crippen molar-refractivity contribution in [1.29, 1.82) is 0 Å². The molecule has 0 aromatic heterocycles. The van der Waals surface area contributed by atoms with Gasteiger partial charge in [0.05, 0.1) is 6.54 Å². The lowest BCUT2D eigenvalue weighted by Gasteiger charge is -2.08. The summed E-state index contributed by atoms with van der Waals surface area (Å²) in [6.07, 6.45) is 1.39. The van der Waals surface area contributed by atoms with E-state index >= 15 is 0 Å². The average Bonchev–Trinajstić information content (AvgIpc) is 2.55. The van der Waals surface area contributed by atoms with Gasteiger partial charge in [-0.1, -0.05) is 41.4 Å². The molecule has 0 saturated heterocycles. The third-order valence-electron chi connectivity index (χ3n) is 3.52. The van der Waals surface area contributed by atoms with Gasteiger partial charge in [0.15, 0.2) is 0 Å². The normalized spacial score (nSPS) is 10.6. The van der Waals surface area contributed by atoms with Gasteiger partial charge in [-0.05, 0) is 54.8 Å². The summed E-state index contributed by atoms with van der Waals surface area (Å²) in [6.45, 7) is 1.41. The zero-order valence-electron chi connectivity index (χ0n) is 13.1. The van der Waals surface area contributed by atoms with Gasteiger partial charge in [-0.3, -0.25) is 4.79 Å². The fourth-order valence-electron chi connectivity index (χ4n) is 2.21. The zero-order valence-corrected chi connectivity index (χ0v) is 14.6. The number of rotatable bonds is 8. The smallest absolute Gasteiger partial charge is 0.233 e. The van der Waals surface area contributed by atoms with Gasteiger partial charge in [0.1, 0.15) is 5.82 Å². The molecule has 0 bridgehead atoms. The summed E-state index contributed by atoms with van der Waals surface area (Å²) in [5.74, 6) is -0.314. The first-order valence-corrected chi connectivity index (χ1v) is 8.46. The van der Waals surface area contributed by atoms with Crippen LogP contribution < -0.4 is 10.6 Å². The molecule has 0 fully saturated rings. The van der Waals surface area contributed by atoms with Crippen LogP contribution >= 0.6 is 23.2 Å². The first-order chi connectivity index (χ1) is 11.5. The number of carbonyl (C=O) groups is 1. The fourth-order valence-corrected chi connectivity index (χ4v) is 2.71. The Morgan fingerprint density at radius 3 is 2.46 bits per heavy atom. The van der Waals surface area contributed by atoms with Crippen LogP contribution in [-0.4, -0.2) is 25.5 Å². The van der Waals surface area contributed by atoms with E-state index in [0.717, 1.165) is 17.5 Å². The highest BCUT2D eigenvalue weighted by atomic mass is 35.5. The number of amides is 1. The Kier molecular flexibility index (Phi) is 7.50. The molecule has 128 valence electrons. The molecule has 2 aromatic carbocycles. The molecular formula is C18H19Cl2FN2O. The molecule has 2 aromatic rings. The molecule has 0 aliphatic heterocycles. The maximum atomic E-state index is 12.8. The van der Waals surface area contributed by atoms with Gasteiger partial charge in [-0.25, -0.2) is 4.39 Å². The van der Waals surface area contributed by atoms with Crippen molar-refractivity contribution < 1.29 is 9.18 Å². The molecule has 0 aliphatic rings. The predicted molar refractivity (Wildman–Crippen MR) is 96.1 cm³/mol. The molecule has 0 spiro atoms. The number of nitrogens with one attached hydrogen (secondary N) is 2. The van der Waals surface area contributed by atoms with Gasteiger partial charge >= 0.3 is 0 Å². The molecule has 0 heterocycles. The second kappa shape index (κ2) is 9.62. The van der Waals surface area contributed by atoms with Crippen molar-refractivity contribution in [1.82, 2.24) is 10.6 Å². The van der Waals surface area contributed by atoms with Crippen molar-refractivity contribution >= 4 is 29.1 Å². The van der Waals surface area contributed by atoms with E-state index in [9.17, 15) is 9.18 Å². The van der Waals surface area contributed by atoms with Gasteiger partial charge in [0, 0.05) is 16.6 Å². The quantitative estimate of drug-likeness (QED) is 0.698. The third-order valence-corrected chi connectivity index (χ3v) is 4.11. The molecule has 1 amide bonds. The lowest BCUT2D eigenvalue weighted by molar-refractivity contribution is -0.120. The van der Waals surface area contributed by atoms with Crippen molar-refractivity contribution in [2.24, 2.45) is 0 Å². The van der Waals surface area contributed by atoms with Crippen LogP contribution in [0.2, 0.25) is 10.0 Å². The second-order valence-corrected chi connectivity index (χ2v) is 6.23. The Hall–Kier alpha value is -1.62. The largest absolute Gasteiger partial charge is 0.355 e. The Bertz CT molecular complexity index is 677. The SMILES string of the molecule is O=C(CNCCc1ccc(F)cc1)NCCc1ccc(Cl)cc1Cl. The van der Waals surface area contributed by atoms with E-state index in [1.54, 1.807) is 24.3 Å². The molecule has 0 unspecified atom stereocenters. The van der Waals surface area contributed by atoms with Crippen LogP contribution in [-0.2, 0) is 17.6 Å². The van der Waals surface area contributed by atoms with E-state index in [4.69, 9.17) is 23.2 Å². The van der Waals surface area contributed by atoms with Gasteiger partial charge in [0.2, 0.25) is 5.91 Å². The van der Waals surface area contributed by atoms with Crippen molar-refractivity contribution in [2.75, 3.05) is 19.6 Å². The van der Waals surface area contributed by atoms with Crippen molar-refractivity contribution in [3.05, 3.63) is 69.5 Å². The maximum absolute atomic E-state index is 12.8. The minimum atomic E-state index is -0.244. The second-order valence-electron chi connectivity index (χ2n) is 5.39. The molecule has 0 atom stereocenters. The molecule has 3 nitrogen and oxygen atoms in total. The summed E-state index contributed by atoms with van der Waals surface area (Å²) in [5, 5.41) is 7.10. The fraction of sp³-hybridized carbons (Fsp3) is 0.278. The van der Waals surface area contributed by atoms with E-state index in [1.165, 1.54) is 12.1 Å². The molecule has 2 rings (SSSR count). The van der Waals surface area contributed by atoms with E-state index in [-0.39, 0.29) is 18.3 Å². The monoisotopic (exact) mass is 368 g/mol. The highest BCUT2D eigenvalue weighted by molar-refractivity contribution is 6.35. The molecule has 0 aliphatic carbocycles. The molecule has 2 N–H and O–H groups in total. The Morgan fingerprint density at radius 1 is 1.00 bits per heavy atom. The van der Waals surface area contributed by atoms with Crippen LogP contribution in [0.15, 0.2) is 42.5 Å². The van der Waals surface area contributed by atoms with Crippen LogP contribution in [0.25, 0.3) is 0 Å². The first-order valence-electron chi connectivity index (χ1n) is 7.70. The number of hydrogen-bond acceptors (Lipinski definition) is 2. The van der Waals surface area contributed by atoms with Gasteiger partial charge < -0.3 is 10.6 Å². The highest BCUT2D eigenvalue weighted by Crippen LogP contribution is 2.20. The standard InChI is InChI=1S/C18H19Cl2FN2O/c19-15-4-3-14(17(20)11-15)8-10-23-18(24)12-22-9-7-13-1-5-16(21)6-2-13/h1-6,11,22H,7-10,12H2,(H,23,24). The lowest BCUT2D eigenvalue weighted by atomic mass is 10.1. The third kappa shape index (κ3) is 6.48. The summed E-state index contributed by atoms with van der Waals surface area (Å²) in [7, 11) is 0. The average molecular weight is 369 g/mol. The van der Waals surface area contributed by atoms with Crippen molar-refractivity contribution in [3.8, 4) is 0 Å². The lowest BCUT2D eigenvalue weighted by Crippen LogP contribution is -2.35. The molecule has 24 heavy (non-hydrogen) atoms. The molecule has 0 radical (unpaired) electrons. The number of hydrogen-bond donors (Lipinski definition) is 2. The summed E-state index contributed by atoms with van der Waals surface area (Å²) < 4.78 is 12.8. The maximum Gasteiger partial charge on any atom is 0.233 e. The molecule has 0 saturated carbocycles. The Balaban J connectivity index is 1.60. The number of halogens is 3. The zero-order chi connectivity index (χ0) is 17.4. The number of carbonyl (C=O) groups excluding carboxylic acids is 1. The minimum absolute atomic E-state index is 0.0702. The summed E-state index contributed by atoms with van der Waals surface area (Å²) in [5.41, 5.74) is 1.98. The van der Waals surface area contributed by atoms with E-state index in [0.29, 0.717) is 29.6 Å². The van der Waals surface area contributed by atoms with E-state index < -0.39 is 0 Å². The highest BCUT2D eigenvalue weighted by Gasteiger charge is 2.04. The van der Waals surface area contributed by atoms with Crippen LogP contribution in [0, 0.1) is 5.82 Å². The van der Waals surface area contributed by atoms with Crippen LogP contribution in [0.1, 0.15) is 11.1 Å². The van der Waals surface area contributed by atoms with Crippen LogP contribution in [0.3, 0.4) is 0 Å². The van der Waals surface area contributed by atoms with E-state index in [2.05, 4.69) is 10.6 Å². The summed E-state index contributed by atoms with van der Waals surface area (Å²) in [6, 6.07) is 11.7. The Morgan fingerprint density at radius 2 is 1.75 bits per heavy atom. The number of benzene rings is 2. The predicted octanol–water partition coefficient (Wildman–Crippen LogP) is 3.62. The summed E-state index contributed by atoms with van der Waals surface area (Å²) in [4.78, 5) is 11.8. The van der Waals surface area contributed by atoms with Crippen LogP contribution in [0.4, 0.5) is 4.39 Å². The topological polar surface area (TPSA) is 41.1 Å². The van der Waals surface area contributed by atoms with Crippen molar-refractivity contribution in [3.63, 3.8) is 0 Å². The van der Waals surface area contributed by atoms with Gasteiger partial charge in [0.25, 0.3) is 0 Å². The van der Waals surface area contributed by atoms with Crippen molar-refractivity contribution in [2.45, 2.75) is 12.8 Å². The van der Waals surface area contributed by atoms with Crippen LogP contribution in [0.5, 0.6) is 0 Å².